The fourth-order valence-corrected chi connectivity index (χ4v) is 3.74. The number of nitro benzene ring substituents is 1. The molecule has 4 atom stereocenters. The Hall–Kier alpha value is -2.48. The summed E-state index contributed by atoms with van der Waals surface area (Å²) in [5.74, 6) is -2.69. The average molecular weight is 303 g/mol. The predicted octanol–water partition coefficient (Wildman–Crippen LogP) is 0.335. The van der Waals surface area contributed by atoms with Gasteiger partial charge in [0.2, 0.25) is 11.8 Å². The molecule has 3 fully saturated rings. The second-order valence-electron chi connectivity index (χ2n) is 5.76. The van der Waals surface area contributed by atoms with Crippen molar-refractivity contribution < 1.29 is 24.4 Å². The molecule has 4 rings (SSSR count). The van der Waals surface area contributed by atoms with Gasteiger partial charge in [-0.15, -0.1) is 0 Å². The zero-order valence-corrected chi connectivity index (χ0v) is 11.3. The van der Waals surface area contributed by atoms with E-state index in [2.05, 4.69) is 0 Å². The topological polar surface area (TPSA) is 113 Å². The number of fused-ring (bicyclic) bond motifs is 5. The van der Waals surface area contributed by atoms with Crippen LogP contribution in [0.2, 0.25) is 0 Å². The molecular formula is C14H11N2O6-. The summed E-state index contributed by atoms with van der Waals surface area (Å²) in [6.07, 6.45) is 0.867. The summed E-state index contributed by atoms with van der Waals surface area (Å²) in [4.78, 5) is 36.1. The Bertz CT molecular complexity index is 689. The Kier molecular flexibility index (Phi) is 2.56. The molecule has 1 aromatic carbocycles. The molecule has 8 heteroatoms. The summed E-state index contributed by atoms with van der Waals surface area (Å²) >= 11 is 0. The Morgan fingerprint density at radius 2 is 1.73 bits per heavy atom. The number of hydrogen-bond acceptors (Lipinski definition) is 6. The van der Waals surface area contributed by atoms with E-state index in [0.29, 0.717) is 0 Å². The second-order valence-corrected chi connectivity index (χ2v) is 5.76. The molecule has 1 aromatic rings. The molecule has 3 aliphatic rings. The van der Waals surface area contributed by atoms with E-state index >= 15 is 0 Å². The lowest BCUT2D eigenvalue weighted by molar-refractivity contribution is -0.385. The molecule has 0 aromatic heterocycles. The van der Waals surface area contributed by atoms with Gasteiger partial charge in [-0.25, -0.2) is 0 Å². The number of carbonyl (C=O) groups is 2. The lowest BCUT2D eigenvalue weighted by atomic mass is 9.81. The van der Waals surface area contributed by atoms with Crippen LogP contribution in [0.5, 0.6) is 5.75 Å². The Morgan fingerprint density at radius 3 is 2.27 bits per heavy atom. The average Bonchev–Trinajstić information content (AvgIpc) is 3.14. The first kappa shape index (κ1) is 13.2. The number of non-ortho nitro benzene ring substituents is 1. The van der Waals surface area contributed by atoms with Crippen LogP contribution in [0.1, 0.15) is 12.8 Å². The molecule has 114 valence electrons. The molecule has 3 aliphatic heterocycles. The highest BCUT2D eigenvalue weighted by molar-refractivity contribution is 6.23. The minimum Gasteiger partial charge on any atom is -0.871 e. The lowest BCUT2D eigenvalue weighted by Gasteiger charge is -2.22. The van der Waals surface area contributed by atoms with Gasteiger partial charge in [0.15, 0.2) is 0 Å². The number of ether oxygens (including phenoxy) is 1. The van der Waals surface area contributed by atoms with Crippen molar-refractivity contribution in [2.75, 3.05) is 4.90 Å². The summed E-state index contributed by atoms with van der Waals surface area (Å²) in [5, 5.41) is 22.8. The van der Waals surface area contributed by atoms with Gasteiger partial charge in [-0.3, -0.25) is 24.6 Å². The van der Waals surface area contributed by atoms with E-state index in [1.54, 1.807) is 0 Å². The van der Waals surface area contributed by atoms with Crippen molar-refractivity contribution in [3.63, 3.8) is 0 Å². The first-order valence-corrected chi connectivity index (χ1v) is 6.98. The van der Waals surface area contributed by atoms with Gasteiger partial charge in [0.1, 0.15) is 0 Å². The van der Waals surface area contributed by atoms with Gasteiger partial charge in [0.05, 0.1) is 34.7 Å². The minimum absolute atomic E-state index is 0.238. The summed E-state index contributed by atoms with van der Waals surface area (Å²) < 4.78 is 5.60. The SMILES string of the molecule is O=C1[C@@H]2[C@H](C(=O)N1c1cc([N+](=O)[O-])ccc1[O-])[C@H]1CC[C@@H]2O1. The van der Waals surface area contributed by atoms with Gasteiger partial charge in [-0.2, -0.15) is 0 Å². The molecule has 0 aliphatic carbocycles. The molecule has 8 nitrogen and oxygen atoms in total. The normalized spacial score (nSPS) is 32.6. The largest absolute Gasteiger partial charge is 0.871 e. The molecule has 0 radical (unpaired) electrons. The molecular weight excluding hydrogens is 292 g/mol. The van der Waals surface area contributed by atoms with Crippen molar-refractivity contribution in [3.8, 4) is 5.75 Å². The van der Waals surface area contributed by atoms with E-state index in [9.17, 15) is 24.8 Å². The van der Waals surface area contributed by atoms with Gasteiger partial charge in [-0.05, 0) is 12.8 Å². The van der Waals surface area contributed by atoms with Gasteiger partial charge in [0.25, 0.3) is 5.69 Å². The lowest BCUT2D eigenvalue weighted by Crippen LogP contribution is -2.34. The number of hydrogen-bond donors (Lipinski definition) is 0. The van der Waals surface area contributed by atoms with Crippen LogP contribution in [0, 0.1) is 22.0 Å². The maximum atomic E-state index is 12.5. The van der Waals surface area contributed by atoms with Gasteiger partial charge in [-0.1, -0.05) is 11.8 Å². The van der Waals surface area contributed by atoms with Crippen LogP contribution in [0.3, 0.4) is 0 Å². The maximum absolute atomic E-state index is 12.5. The van der Waals surface area contributed by atoms with Crippen molar-refractivity contribution >= 4 is 23.2 Å². The highest BCUT2D eigenvalue weighted by atomic mass is 16.6. The molecule has 2 amide bonds. The highest BCUT2D eigenvalue weighted by Gasteiger charge is 2.62. The van der Waals surface area contributed by atoms with Crippen LogP contribution in [-0.4, -0.2) is 28.9 Å². The molecule has 3 saturated heterocycles. The summed E-state index contributed by atoms with van der Waals surface area (Å²) in [7, 11) is 0. The minimum atomic E-state index is -0.665. The van der Waals surface area contributed by atoms with Crippen molar-refractivity contribution in [2.45, 2.75) is 25.0 Å². The molecule has 0 N–H and O–H groups in total. The van der Waals surface area contributed by atoms with Crippen LogP contribution >= 0.6 is 0 Å². The van der Waals surface area contributed by atoms with E-state index in [-0.39, 0.29) is 23.6 Å². The highest BCUT2D eigenvalue weighted by Crippen LogP contribution is 2.50. The Labute approximate surface area is 124 Å². The number of nitrogens with zero attached hydrogens (tertiary/aromatic N) is 2. The number of benzene rings is 1. The number of rotatable bonds is 2. The van der Waals surface area contributed by atoms with Crippen LogP contribution in [0.25, 0.3) is 0 Å². The molecule has 2 bridgehead atoms. The third-order valence-corrected chi connectivity index (χ3v) is 4.68. The van der Waals surface area contributed by atoms with E-state index in [1.807, 2.05) is 0 Å². The van der Waals surface area contributed by atoms with Crippen molar-refractivity contribution in [3.05, 3.63) is 28.3 Å². The van der Waals surface area contributed by atoms with E-state index in [1.165, 1.54) is 0 Å². The second kappa shape index (κ2) is 4.26. The first-order chi connectivity index (χ1) is 10.5. The van der Waals surface area contributed by atoms with Crippen molar-refractivity contribution in [1.29, 1.82) is 0 Å². The van der Waals surface area contributed by atoms with Crippen LogP contribution in [0.4, 0.5) is 11.4 Å². The number of imide groups is 1. The van der Waals surface area contributed by atoms with Crippen LogP contribution < -0.4 is 10.0 Å². The van der Waals surface area contributed by atoms with E-state index < -0.39 is 34.3 Å². The summed E-state index contributed by atoms with van der Waals surface area (Å²) in [6.45, 7) is 0. The van der Waals surface area contributed by atoms with Crippen molar-refractivity contribution in [2.24, 2.45) is 11.8 Å². The van der Waals surface area contributed by atoms with Crippen molar-refractivity contribution in [1.82, 2.24) is 0 Å². The van der Waals surface area contributed by atoms with Crippen LogP contribution in [-0.2, 0) is 14.3 Å². The Morgan fingerprint density at radius 1 is 1.14 bits per heavy atom. The number of nitro groups is 1. The molecule has 3 heterocycles. The first-order valence-electron chi connectivity index (χ1n) is 6.98. The molecule has 0 spiro atoms. The number of amides is 2. The standard InChI is InChI=1S/C14H12N2O6/c17-8-2-1-6(16(20)21)5-7(8)15-13(18)11-9-3-4-10(22-9)12(11)14(15)19/h1-2,5,9-12,17H,3-4H2/p-1/t9-,10+,11-,12+. The molecule has 22 heavy (non-hydrogen) atoms. The fourth-order valence-electron chi connectivity index (χ4n) is 3.74. The molecule has 0 saturated carbocycles. The van der Waals surface area contributed by atoms with Gasteiger partial charge < -0.3 is 9.84 Å². The van der Waals surface area contributed by atoms with E-state index in [0.717, 1.165) is 35.9 Å². The number of carbonyl (C=O) groups excluding carboxylic acids is 2. The predicted molar refractivity (Wildman–Crippen MR) is 69.9 cm³/mol. The zero-order valence-electron chi connectivity index (χ0n) is 11.3. The zero-order chi connectivity index (χ0) is 15.6. The smallest absolute Gasteiger partial charge is 0.271 e. The maximum Gasteiger partial charge on any atom is 0.271 e. The van der Waals surface area contributed by atoms with Crippen LogP contribution in [0.15, 0.2) is 18.2 Å². The third kappa shape index (κ3) is 1.55. The van der Waals surface area contributed by atoms with E-state index in [4.69, 9.17) is 4.74 Å². The number of anilines is 1. The Balaban J connectivity index is 1.78. The monoisotopic (exact) mass is 303 g/mol. The quantitative estimate of drug-likeness (QED) is 0.442. The molecule has 0 unspecified atom stereocenters. The van der Waals surface area contributed by atoms with Gasteiger partial charge in [0, 0.05) is 12.1 Å². The van der Waals surface area contributed by atoms with Gasteiger partial charge >= 0.3 is 0 Å². The summed E-state index contributed by atoms with van der Waals surface area (Å²) in [5.41, 5.74) is -0.565. The fraction of sp³-hybridized carbons (Fsp3) is 0.429. The third-order valence-electron chi connectivity index (χ3n) is 4.68. The summed E-state index contributed by atoms with van der Waals surface area (Å²) in [6, 6.07) is 3.06.